The fraction of sp³-hybridized carbons (Fsp3) is 0.812. The van der Waals surface area contributed by atoms with Gasteiger partial charge in [0.25, 0.3) is 0 Å². The molecule has 1 heterocycles. The van der Waals surface area contributed by atoms with E-state index in [1.807, 2.05) is 0 Å². The first-order valence-corrected chi connectivity index (χ1v) is 7.97. The van der Waals surface area contributed by atoms with Gasteiger partial charge in [0, 0.05) is 19.1 Å². The smallest absolute Gasteiger partial charge is 0.126 e. The summed E-state index contributed by atoms with van der Waals surface area (Å²) in [6.07, 6.45) is 7.92. The lowest BCUT2D eigenvalue weighted by molar-refractivity contribution is -0.0352. The lowest BCUT2D eigenvalue weighted by Gasteiger charge is -2.35. The van der Waals surface area contributed by atoms with Gasteiger partial charge in [-0.3, -0.25) is 0 Å². The second kappa shape index (κ2) is 6.36. The van der Waals surface area contributed by atoms with Crippen molar-refractivity contribution in [3.05, 3.63) is 11.9 Å². The van der Waals surface area contributed by atoms with E-state index in [4.69, 9.17) is 16.2 Å². The number of hydrogen-bond acceptors (Lipinski definition) is 4. The third-order valence-corrected chi connectivity index (χ3v) is 4.94. The van der Waals surface area contributed by atoms with Crippen LogP contribution in [-0.4, -0.2) is 42.6 Å². The molecule has 1 saturated heterocycles. The van der Waals surface area contributed by atoms with Crippen LogP contribution in [-0.2, 0) is 4.74 Å². The molecule has 4 N–H and O–H groups in total. The van der Waals surface area contributed by atoms with Gasteiger partial charge in [-0.1, -0.05) is 13.8 Å². The summed E-state index contributed by atoms with van der Waals surface area (Å²) in [5, 5.41) is 0. The van der Waals surface area contributed by atoms with E-state index in [1.54, 1.807) is 0 Å². The summed E-state index contributed by atoms with van der Waals surface area (Å²) in [6.45, 7) is 9.11. The Morgan fingerprint density at radius 1 is 1.48 bits per heavy atom. The van der Waals surface area contributed by atoms with Crippen LogP contribution in [0.25, 0.3) is 0 Å². The molecule has 2 aliphatic rings. The minimum Gasteiger partial charge on any atom is -0.390 e. The van der Waals surface area contributed by atoms with Crippen LogP contribution in [0.4, 0.5) is 0 Å². The number of aliphatic imine (C=N–C) groups is 1. The van der Waals surface area contributed by atoms with Gasteiger partial charge >= 0.3 is 0 Å². The van der Waals surface area contributed by atoms with Crippen LogP contribution in [0.15, 0.2) is 16.9 Å². The van der Waals surface area contributed by atoms with E-state index in [0.717, 1.165) is 38.4 Å². The maximum absolute atomic E-state index is 6.04. The second-order valence-electron chi connectivity index (χ2n) is 7.11. The van der Waals surface area contributed by atoms with Gasteiger partial charge in [-0.25, -0.2) is 4.99 Å². The Morgan fingerprint density at radius 3 is 2.76 bits per heavy atom. The SMILES string of the molecule is CC(N)C(C)(C)CC/C=C(\N=C/N)N1CCOC2(CC2)C1. The highest BCUT2D eigenvalue weighted by atomic mass is 16.5. The molecule has 2 fully saturated rings. The molecule has 0 bridgehead atoms. The number of nitrogens with two attached hydrogens (primary N) is 2. The molecule has 0 aromatic carbocycles. The van der Waals surface area contributed by atoms with Gasteiger partial charge in [0.15, 0.2) is 0 Å². The summed E-state index contributed by atoms with van der Waals surface area (Å²) in [5.74, 6) is 0.979. The average Bonchev–Trinajstić information content (AvgIpc) is 3.16. The molecule has 0 amide bonds. The van der Waals surface area contributed by atoms with Gasteiger partial charge in [0.05, 0.1) is 18.5 Å². The molecule has 0 radical (unpaired) electrons. The monoisotopic (exact) mass is 294 g/mol. The van der Waals surface area contributed by atoms with Crippen molar-refractivity contribution < 1.29 is 4.74 Å². The minimum atomic E-state index is 0.104. The highest BCUT2D eigenvalue weighted by Crippen LogP contribution is 2.42. The van der Waals surface area contributed by atoms with E-state index in [2.05, 4.69) is 36.7 Å². The fourth-order valence-corrected chi connectivity index (χ4v) is 2.62. The van der Waals surface area contributed by atoms with Crippen molar-refractivity contribution in [2.24, 2.45) is 21.9 Å². The van der Waals surface area contributed by atoms with Crippen LogP contribution in [0, 0.1) is 5.41 Å². The summed E-state index contributed by atoms with van der Waals surface area (Å²) in [7, 11) is 0. The molecule has 1 atom stereocenters. The van der Waals surface area contributed by atoms with Crippen LogP contribution < -0.4 is 11.5 Å². The predicted octanol–water partition coefficient (Wildman–Crippen LogP) is 1.83. The van der Waals surface area contributed by atoms with Crippen molar-refractivity contribution >= 4 is 6.34 Å². The molecule has 1 aliphatic carbocycles. The molecular formula is C16H30N4O. The third-order valence-electron chi connectivity index (χ3n) is 4.94. The van der Waals surface area contributed by atoms with Gasteiger partial charge in [-0.2, -0.15) is 0 Å². The number of rotatable bonds is 6. The van der Waals surface area contributed by atoms with E-state index in [-0.39, 0.29) is 17.1 Å². The summed E-state index contributed by atoms with van der Waals surface area (Å²) in [6, 6.07) is 0.186. The Kier molecular flexibility index (Phi) is 4.94. The van der Waals surface area contributed by atoms with Gasteiger partial charge in [-0.05, 0) is 44.1 Å². The first-order chi connectivity index (χ1) is 9.88. The summed E-state index contributed by atoms with van der Waals surface area (Å²) >= 11 is 0. The quantitative estimate of drug-likeness (QED) is 0.579. The number of nitrogens with zero attached hydrogens (tertiary/aromatic N) is 2. The van der Waals surface area contributed by atoms with Crippen LogP contribution in [0.1, 0.15) is 46.5 Å². The van der Waals surface area contributed by atoms with Crippen LogP contribution in [0.2, 0.25) is 0 Å². The Balaban J connectivity index is 1.96. The van der Waals surface area contributed by atoms with Gasteiger partial charge < -0.3 is 21.1 Å². The minimum absolute atomic E-state index is 0.104. The molecule has 1 aliphatic heterocycles. The molecule has 21 heavy (non-hydrogen) atoms. The maximum Gasteiger partial charge on any atom is 0.126 e. The molecular weight excluding hydrogens is 264 g/mol. The zero-order chi connectivity index (χ0) is 15.5. The Hall–Kier alpha value is -1.07. The van der Waals surface area contributed by atoms with E-state index in [1.165, 1.54) is 19.2 Å². The number of morpholine rings is 1. The van der Waals surface area contributed by atoms with E-state index < -0.39 is 0 Å². The van der Waals surface area contributed by atoms with Crippen LogP contribution in [0.5, 0.6) is 0 Å². The largest absolute Gasteiger partial charge is 0.390 e. The molecule has 1 saturated carbocycles. The average molecular weight is 294 g/mol. The number of allylic oxidation sites excluding steroid dienone is 1. The van der Waals surface area contributed by atoms with Crippen molar-refractivity contribution in [1.82, 2.24) is 4.90 Å². The van der Waals surface area contributed by atoms with Crippen LogP contribution in [0.3, 0.4) is 0 Å². The van der Waals surface area contributed by atoms with Gasteiger partial charge in [0.1, 0.15) is 5.82 Å². The molecule has 0 aromatic heterocycles. The Morgan fingerprint density at radius 2 is 2.19 bits per heavy atom. The molecule has 120 valence electrons. The van der Waals surface area contributed by atoms with Crippen molar-refractivity contribution in [1.29, 1.82) is 0 Å². The van der Waals surface area contributed by atoms with Gasteiger partial charge in [-0.15, -0.1) is 0 Å². The summed E-state index contributed by atoms with van der Waals surface area (Å²) in [4.78, 5) is 6.66. The lowest BCUT2D eigenvalue weighted by atomic mass is 9.81. The lowest BCUT2D eigenvalue weighted by Crippen LogP contribution is -2.43. The van der Waals surface area contributed by atoms with E-state index >= 15 is 0 Å². The first-order valence-electron chi connectivity index (χ1n) is 7.97. The Labute approximate surface area is 128 Å². The molecule has 1 spiro atoms. The number of hydrogen-bond donors (Lipinski definition) is 2. The Bertz CT molecular complexity index is 411. The van der Waals surface area contributed by atoms with Crippen molar-refractivity contribution in [2.45, 2.75) is 58.1 Å². The van der Waals surface area contributed by atoms with Crippen molar-refractivity contribution in [3.63, 3.8) is 0 Å². The van der Waals surface area contributed by atoms with Gasteiger partial charge in [0.2, 0.25) is 0 Å². The molecule has 0 aromatic rings. The van der Waals surface area contributed by atoms with Crippen LogP contribution >= 0.6 is 0 Å². The van der Waals surface area contributed by atoms with E-state index in [9.17, 15) is 0 Å². The number of ether oxygens (including phenoxy) is 1. The zero-order valence-corrected chi connectivity index (χ0v) is 13.6. The van der Waals surface area contributed by atoms with Crippen molar-refractivity contribution in [3.8, 4) is 0 Å². The fourth-order valence-electron chi connectivity index (χ4n) is 2.62. The summed E-state index contributed by atoms with van der Waals surface area (Å²) < 4.78 is 5.86. The molecule has 5 nitrogen and oxygen atoms in total. The zero-order valence-electron chi connectivity index (χ0n) is 13.6. The normalized spacial score (nSPS) is 23.8. The second-order valence-corrected chi connectivity index (χ2v) is 7.11. The molecule has 1 unspecified atom stereocenters. The predicted molar refractivity (Wildman–Crippen MR) is 86.9 cm³/mol. The highest BCUT2D eigenvalue weighted by Gasteiger charge is 2.47. The molecule has 2 rings (SSSR count). The first kappa shape index (κ1) is 16.3. The van der Waals surface area contributed by atoms with Crippen molar-refractivity contribution in [2.75, 3.05) is 19.7 Å². The van der Waals surface area contributed by atoms with E-state index in [0.29, 0.717) is 0 Å². The maximum atomic E-state index is 6.04. The molecule has 5 heteroatoms. The third kappa shape index (κ3) is 4.20. The summed E-state index contributed by atoms with van der Waals surface area (Å²) in [5.41, 5.74) is 11.8. The topological polar surface area (TPSA) is 76.9 Å². The standard InChI is InChI=1S/C16H30N4O/c1-13(18)15(2,3)6-4-5-14(19-12-17)20-9-10-21-16(11-20)7-8-16/h5,12-13H,4,6-11,18H2,1-3H3,(H2,17,19)/b14-5+. The highest BCUT2D eigenvalue weighted by molar-refractivity contribution is 5.53.